The molecule has 0 saturated heterocycles. The van der Waals surface area contributed by atoms with Crippen LogP contribution in [0, 0.1) is 59.2 Å². The molecule has 0 heterocycles. The van der Waals surface area contributed by atoms with Gasteiger partial charge < -0.3 is 24.8 Å². The van der Waals surface area contributed by atoms with Gasteiger partial charge in [-0.05, 0) is 0 Å². The first-order valence-electron chi connectivity index (χ1n) is 14.7. The molecule has 0 aliphatic heterocycles. The predicted molar refractivity (Wildman–Crippen MR) is 152 cm³/mol. The summed E-state index contributed by atoms with van der Waals surface area (Å²) in [5.41, 5.74) is 0. The second kappa shape index (κ2) is 12.8. The van der Waals surface area contributed by atoms with Gasteiger partial charge in [-0.15, -0.1) is 0 Å². The van der Waals surface area contributed by atoms with E-state index < -0.39 is 21.3 Å². The molecule has 0 aromatic rings. The Balaban J connectivity index is 0.00000168. The predicted octanol–water partition coefficient (Wildman–Crippen LogP) is 2.84. The van der Waals surface area contributed by atoms with E-state index in [0.717, 1.165) is 33.2 Å². The molecule has 0 nitrogen and oxygen atoms in total. The summed E-state index contributed by atoms with van der Waals surface area (Å²) in [6.07, 6.45) is 41.3. The van der Waals surface area contributed by atoms with Crippen molar-refractivity contribution in [2.75, 3.05) is 0 Å². The molecule has 2 saturated carbocycles. The molecule has 6 rings (SSSR count). The van der Waals surface area contributed by atoms with Gasteiger partial charge in [-0.25, -0.2) is 0 Å². The van der Waals surface area contributed by atoms with Gasteiger partial charge >= 0.3 is 229 Å². The molecule has 0 bridgehead atoms. The average molecular weight is 627 g/mol. The van der Waals surface area contributed by atoms with Gasteiger partial charge in [-0.1, -0.05) is 0 Å². The molecule has 0 aromatic carbocycles. The third-order valence-corrected chi connectivity index (χ3v) is 18.9. The zero-order chi connectivity index (χ0) is 24.8. The fourth-order valence-corrected chi connectivity index (χ4v) is 20.7. The van der Waals surface area contributed by atoms with E-state index in [0.29, 0.717) is 29.6 Å². The van der Waals surface area contributed by atoms with Crippen LogP contribution in [-0.2, 0) is 21.3 Å². The van der Waals surface area contributed by atoms with Crippen LogP contribution in [0.15, 0.2) is 94.4 Å². The maximum Gasteiger partial charge on any atom is -1.00 e. The Morgan fingerprint density at radius 1 is 0.632 bits per heavy atom. The van der Waals surface area contributed by atoms with Crippen molar-refractivity contribution in [2.45, 2.75) is 50.6 Å². The first kappa shape index (κ1) is 30.2. The normalized spacial score (nSPS) is 36.6. The van der Waals surface area contributed by atoms with Crippen molar-refractivity contribution in [3.8, 4) is 0 Å². The smallest absolute Gasteiger partial charge is 1.00 e. The molecule has 0 amide bonds. The Morgan fingerprint density at radius 3 is 1.55 bits per heavy atom. The fourth-order valence-electron chi connectivity index (χ4n) is 8.97. The average Bonchev–Trinajstić information content (AvgIpc) is 3.51. The van der Waals surface area contributed by atoms with Gasteiger partial charge in [-0.2, -0.15) is 0 Å². The van der Waals surface area contributed by atoms with Gasteiger partial charge in [-0.3, -0.25) is 0 Å². The zero-order valence-electron chi connectivity index (χ0n) is 23.4. The molecule has 9 atom stereocenters. The van der Waals surface area contributed by atoms with Gasteiger partial charge in [0.25, 0.3) is 0 Å². The van der Waals surface area contributed by atoms with Crippen LogP contribution in [0.1, 0.15) is 47.0 Å². The van der Waals surface area contributed by atoms with Crippen LogP contribution < -0.4 is 24.8 Å². The minimum absolute atomic E-state index is 0. The molecule has 38 heavy (non-hydrogen) atoms. The van der Waals surface area contributed by atoms with Gasteiger partial charge in [0.05, 0.1) is 0 Å². The second-order valence-corrected chi connectivity index (χ2v) is 20.0. The molecule has 3 heteroatoms. The summed E-state index contributed by atoms with van der Waals surface area (Å²) in [5, 5.41) is 0. The van der Waals surface area contributed by atoms with E-state index in [-0.39, 0.29) is 24.8 Å². The van der Waals surface area contributed by atoms with Crippen molar-refractivity contribution in [3.05, 3.63) is 94.4 Å². The maximum atomic E-state index is 2.67. The summed E-state index contributed by atoms with van der Waals surface area (Å²) in [7, 11) is 0. The molecule has 202 valence electrons. The number of allylic oxidation sites excluding steroid dienone is 16. The maximum absolute atomic E-state index is 2.67. The summed E-state index contributed by atoms with van der Waals surface area (Å²) in [6.45, 7) is 9.84. The molecule has 0 radical (unpaired) electrons. The van der Waals surface area contributed by atoms with Gasteiger partial charge in [0.2, 0.25) is 0 Å². The van der Waals surface area contributed by atoms with Gasteiger partial charge in [0, 0.05) is 0 Å². The third kappa shape index (κ3) is 5.43. The van der Waals surface area contributed by atoms with Crippen LogP contribution in [0.4, 0.5) is 0 Å². The molecule has 0 N–H and O–H groups in total. The quantitative estimate of drug-likeness (QED) is 0.426. The first-order valence-corrected chi connectivity index (χ1v) is 18.5. The monoisotopic (exact) mass is 624 g/mol. The van der Waals surface area contributed by atoms with E-state index >= 15 is 0 Å². The Kier molecular flexibility index (Phi) is 10.2. The van der Waals surface area contributed by atoms with Gasteiger partial charge in [0.1, 0.15) is 0 Å². The van der Waals surface area contributed by atoms with Crippen molar-refractivity contribution in [2.24, 2.45) is 59.2 Å². The van der Waals surface area contributed by atoms with Crippen LogP contribution in [0.3, 0.4) is 0 Å². The molecule has 0 spiro atoms. The molecule has 9 unspecified atom stereocenters. The zero-order valence-corrected chi connectivity index (χ0v) is 27.4. The topological polar surface area (TPSA) is 0 Å². The fraction of sp³-hybridized carbons (Fsp3) is 0.514. The number of hydrogen-bond donors (Lipinski definition) is 0. The largest absolute Gasteiger partial charge is 1.00 e. The van der Waals surface area contributed by atoms with Crippen LogP contribution in [-0.4, -0.2) is 3.21 Å². The van der Waals surface area contributed by atoms with Crippen molar-refractivity contribution in [3.63, 3.8) is 0 Å². The third-order valence-electron chi connectivity index (χ3n) is 9.86. The standard InChI is InChI=1S/C21H21.C9H18.C5H5.2ClH.Zr/c1-2-8-15-14(7-1)13-20-18-11-4-3-9-16(18)17-10-5-6-12-19(17)21(15)20;1-8(2)6-5-7-9(3)4;1-2-4-5-3-1;;;/h1-21H;8-9H,6-7H2,1-4H3;1-3H,4H2;2*1H;/q;;;;;+2/p-2. The Bertz CT molecular complexity index is 1130. The minimum atomic E-state index is -2.15. The Labute approximate surface area is 251 Å². The molecule has 0 aromatic heterocycles. The van der Waals surface area contributed by atoms with E-state index in [4.69, 9.17) is 0 Å². The molecule has 6 aliphatic carbocycles. The summed E-state index contributed by atoms with van der Waals surface area (Å²) in [5.74, 6) is 7.23. The van der Waals surface area contributed by atoms with Crippen LogP contribution >= 0.6 is 0 Å². The summed E-state index contributed by atoms with van der Waals surface area (Å²) >= 11 is -2.15. The molecular weight excluding hydrogens is 583 g/mol. The van der Waals surface area contributed by atoms with Crippen LogP contribution in [0.2, 0.25) is 3.63 Å². The second-order valence-electron chi connectivity index (χ2n) is 13.0. The van der Waals surface area contributed by atoms with E-state index in [9.17, 15) is 0 Å². The molecule has 6 aliphatic rings. The number of hydrogen-bond acceptors (Lipinski definition) is 0. The number of halogens is 2. The van der Waals surface area contributed by atoms with E-state index in [2.05, 4.69) is 119 Å². The van der Waals surface area contributed by atoms with E-state index in [1.54, 1.807) is 0 Å². The van der Waals surface area contributed by atoms with Crippen LogP contribution in [0.25, 0.3) is 0 Å². The van der Waals surface area contributed by atoms with Crippen molar-refractivity contribution >= 4 is 3.21 Å². The summed E-state index contributed by atoms with van der Waals surface area (Å²) < 4.78 is 4.82. The minimum Gasteiger partial charge on any atom is -1.00 e. The van der Waals surface area contributed by atoms with Crippen molar-refractivity contribution in [1.29, 1.82) is 0 Å². The molecular formula is C35H44Cl2Zr. The van der Waals surface area contributed by atoms with Crippen LogP contribution in [0.5, 0.6) is 0 Å². The summed E-state index contributed by atoms with van der Waals surface area (Å²) in [6, 6.07) is 0. The van der Waals surface area contributed by atoms with Crippen molar-refractivity contribution in [1.82, 2.24) is 0 Å². The molecule has 2 fully saturated rings. The number of fused-ring (bicyclic) bond motifs is 8. The van der Waals surface area contributed by atoms with Gasteiger partial charge in [0.15, 0.2) is 0 Å². The Morgan fingerprint density at radius 2 is 1.08 bits per heavy atom. The number of rotatable bonds is 6. The Hall–Kier alpha value is -0.747. The van der Waals surface area contributed by atoms with E-state index in [1.807, 2.05) is 6.49 Å². The van der Waals surface area contributed by atoms with E-state index in [1.165, 1.54) is 19.3 Å². The van der Waals surface area contributed by atoms with Crippen molar-refractivity contribution < 1.29 is 46.1 Å². The summed E-state index contributed by atoms with van der Waals surface area (Å²) in [4.78, 5) is 0. The SMILES string of the molecule is CC(C)C[C](CC(C)C)=[Zr+2]([C]1=CC=CC1)[CH]1C2C=CC=CC2C2C3C=CC=CC3C3C=CC=CC3C21.[Cl-].[Cl-]. The first-order chi connectivity index (χ1) is 17.5.